The van der Waals surface area contributed by atoms with E-state index in [1.54, 1.807) is 11.6 Å². The molecule has 0 fully saturated rings. The number of rotatable bonds is 7. The predicted octanol–water partition coefficient (Wildman–Crippen LogP) is 1.43. The number of ether oxygens (including phenoxy) is 1. The fraction of sp³-hybridized carbons (Fsp3) is 0.500. The summed E-state index contributed by atoms with van der Waals surface area (Å²) in [6.07, 6.45) is 2.09. The Balaban J connectivity index is 1.69. The van der Waals surface area contributed by atoms with E-state index >= 15 is 0 Å². The molecule has 9 heteroatoms. The Morgan fingerprint density at radius 3 is 2.96 bits per heavy atom. The van der Waals surface area contributed by atoms with Gasteiger partial charge < -0.3 is 14.6 Å². The third-order valence-corrected chi connectivity index (χ3v) is 3.24. The molecular weight excluding hydrogens is 298 g/mol. The molecule has 0 saturated carbocycles. The third kappa shape index (κ3) is 3.45. The first-order chi connectivity index (χ1) is 11.2. The van der Waals surface area contributed by atoms with Crippen molar-refractivity contribution >= 4 is 11.6 Å². The van der Waals surface area contributed by atoms with Gasteiger partial charge in [-0.2, -0.15) is 19.6 Å². The summed E-state index contributed by atoms with van der Waals surface area (Å²) in [5.74, 6) is 2.92. The predicted molar refractivity (Wildman–Crippen MR) is 82.1 cm³/mol. The highest BCUT2D eigenvalue weighted by molar-refractivity contribution is 5.44. The molecule has 3 aromatic rings. The average molecular weight is 317 g/mol. The highest BCUT2D eigenvalue weighted by Crippen LogP contribution is 2.13. The fourth-order valence-electron chi connectivity index (χ4n) is 2.11. The van der Waals surface area contributed by atoms with Gasteiger partial charge in [0.15, 0.2) is 5.82 Å². The zero-order valence-electron chi connectivity index (χ0n) is 13.4. The maximum atomic E-state index is 5.23. The summed E-state index contributed by atoms with van der Waals surface area (Å²) in [7, 11) is 1.63. The van der Waals surface area contributed by atoms with Crippen LogP contribution in [0.4, 0.5) is 5.82 Å². The Morgan fingerprint density at radius 1 is 1.35 bits per heavy atom. The third-order valence-electron chi connectivity index (χ3n) is 3.24. The van der Waals surface area contributed by atoms with Gasteiger partial charge in [0.05, 0.1) is 12.3 Å². The van der Waals surface area contributed by atoms with Crippen LogP contribution >= 0.6 is 0 Å². The van der Waals surface area contributed by atoms with E-state index in [1.807, 2.05) is 19.9 Å². The number of nitrogens with one attached hydrogen (secondary N) is 1. The summed E-state index contributed by atoms with van der Waals surface area (Å²) in [6.45, 7) is 5.11. The standard InChI is InChI=1S/C14H19N7O2/c1-9(2)13-19-12(23-20-13)4-5-15-11-6-10(7-22-3)18-14-16-8-17-21(11)14/h6,8-9,15H,4-5,7H2,1-3H3. The molecule has 3 aromatic heterocycles. The van der Waals surface area contributed by atoms with Crippen molar-refractivity contribution in [2.75, 3.05) is 19.0 Å². The number of anilines is 1. The number of nitrogens with zero attached hydrogens (tertiary/aromatic N) is 6. The molecule has 0 aliphatic carbocycles. The second-order valence-electron chi connectivity index (χ2n) is 5.42. The number of fused-ring (bicyclic) bond motifs is 1. The summed E-state index contributed by atoms with van der Waals surface area (Å²) in [5.41, 5.74) is 0.787. The van der Waals surface area contributed by atoms with Gasteiger partial charge in [-0.05, 0) is 0 Å². The summed E-state index contributed by atoms with van der Waals surface area (Å²) >= 11 is 0. The Labute approximate surface area is 133 Å². The molecule has 1 N–H and O–H groups in total. The van der Waals surface area contributed by atoms with Gasteiger partial charge in [-0.25, -0.2) is 4.98 Å². The van der Waals surface area contributed by atoms with Crippen LogP contribution in [0.25, 0.3) is 5.78 Å². The number of hydrogen-bond acceptors (Lipinski definition) is 8. The van der Waals surface area contributed by atoms with Crippen molar-refractivity contribution in [2.45, 2.75) is 32.8 Å². The number of aromatic nitrogens is 6. The SMILES string of the molecule is COCc1cc(NCCc2nc(C(C)C)no2)n2ncnc2n1. The van der Waals surface area contributed by atoms with Crippen LogP contribution in [-0.4, -0.2) is 43.4 Å². The molecule has 3 rings (SSSR count). The second kappa shape index (κ2) is 6.69. The first-order valence-corrected chi connectivity index (χ1v) is 7.42. The average Bonchev–Trinajstić information content (AvgIpc) is 3.16. The van der Waals surface area contributed by atoms with Crippen molar-refractivity contribution in [1.82, 2.24) is 29.7 Å². The van der Waals surface area contributed by atoms with Crippen molar-refractivity contribution in [3.8, 4) is 0 Å². The highest BCUT2D eigenvalue weighted by Gasteiger charge is 2.11. The Hall–Kier alpha value is -2.55. The van der Waals surface area contributed by atoms with Gasteiger partial charge in [0.2, 0.25) is 5.89 Å². The minimum atomic E-state index is 0.257. The molecule has 0 aliphatic heterocycles. The van der Waals surface area contributed by atoms with Gasteiger partial charge >= 0.3 is 0 Å². The molecule has 0 spiro atoms. The summed E-state index contributed by atoms with van der Waals surface area (Å²) in [4.78, 5) is 12.8. The lowest BCUT2D eigenvalue weighted by Gasteiger charge is -2.08. The molecule has 0 saturated heterocycles. The zero-order chi connectivity index (χ0) is 16.2. The van der Waals surface area contributed by atoms with E-state index in [1.165, 1.54) is 6.33 Å². The van der Waals surface area contributed by atoms with Gasteiger partial charge in [-0.15, -0.1) is 0 Å². The van der Waals surface area contributed by atoms with E-state index in [9.17, 15) is 0 Å². The largest absolute Gasteiger partial charge is 0.378 e. The molecule has 0 atom stereocenters. The van der Waals surface area contributed by atoms with E-state index in [4.69, 9.17) is 9.26 Å². The van der Waals surface area contributed by atoms with Crippen LogP contribution in [0.2, 0.25) is 0 Å². The van der Waals surface area contributed by atoms with Gasteiger partial charge in [0.1, 0.15) is 12.1 Å². The van der Waals surface area contributed by atoms with Gasteiger partial charge in [0.25, 0.3) is 5.78 Å². The van der Waals surface area contributed by atoms with Crippen LogP contribution in [0, 0.1) is 0 Å². The van der Waals surface area contributed by atoms with E-state index < -0.39 is 0 Å². The van der Waals surface area contributed by atoms with Crippen LogP contribution in [0.1, 0.15) is 37.2 Å². The topological polar surface area (TPSA) is 103 Å². The van der Waals surface area contributed by atoms with Gasteiger partial charge in [-0.3, -0.25) is 0 Å². The van der Waals surface area contributed by atoms with E-state index in [-0.39, 0.29) is 5.92 Å². The van der Waals surface area contributed by atoms with Crippen molar-refractivity contribution in [1.29, 1.82) is 0 Å². The van der Waals surface area contributed by atoms with E-state index in [0.717, 1.165) is 17.3 Å². The van der Waals surface area contributed by atoms with Crippen molar-refractivity contribution in [3.63, 3.8) is 0 Å². The first kappa shape index (κ1) is 15.3. The summed E-state index contributed by atoms with van der Waals surface area (Å²) in [5, 5.41) is 11.4. The van der Waals surface area contributed by atoms with Crippen molar-refractivity contribution in [2.24, 2.45) is 0 Å². The Bertz CT molecular complexity index is 780. The number of methoxy groups -OCH3 is 1. The molecule has 3 heterocycles. The van der Waals surface area contributed by atoms with Crippen LogP contribution in [0.3, 0.4) is 0 Å². The molecule has 0 radical (unpaired) electrons. The van der Waals surface area contributed by atoms with Crippen LogP contribution in [0.5, 0.6) is 0 Å². The quantitative estimate of drug-likeness (QED) is 0.698. The van der Waals surface area contributed by atoms with E-state index in [0.29, 0.717) is 31.2 Å². The van der Waals surface area contributed by atoms with Crippen molar-refractivity contribution in [3.05, 3.63) is 29.8 Å². The lowest BCUT2D eigenvalue weighted by molar-refractivity contribution is 0.181. The molecule has 0 unspecified atom stereocenters. The molecular formula is C14H19N7O2. The Kier molecular flexibility index (Phi) is 4.47. The van der Waals surface area contributed by atoms with Crippen LogP contribution in [-0.2, 0) is 17.8 Å². The zero-order valence-corrected chi connectivity index (χ0v) is 13.4. The minimum absolute atomic E-state index is 0.257. The van der Waals surface area contributed by atoms with Crippen LogP contribution < -0.4 is 5.32 Å². The summed E-state index contributed by atoms with van der Waals surface area (Å²) in [6, 6.07) is 1.89. The van der Waals surface area contributed by atoms with E-state index in [2.05, 4.69) is 30.5 Å². The normalized spacial score (nSPS) is 11.5. The second-order valence-corrected chi connectivity index (χ2v) is 5.42. The maximum absolute atomic E-state index is 5.23. The smallest absolute Gasteiger partial charge is 0.254 e. The lowest BCUT2D eigenvalue weighted by Crippen LogP contribution is -2.11. The molecule has 23 heavy (non-hydrogen) atoms. The number of hydrogen-bond donors (Lipinski definition) is 1. The lowest BCUT2D eigenvalue weighted by atomic mass is 10.2. The monoisotopic (exact) mass is 317 g/mol. The molecule has 122 valence electrons. The molecule has 0 amide bonds. The fourth-order valence-corrected chi connectivity index (χ4v) is 2.11. The van der Waals surface area contributed by atoms with Gasteiger partial charge in [-0.1, -0.05) is 19.0 Å². The summed E-state index contributed by atoms with van der Waals surface area (Å²) < 4.78 is 12.0. The molecule has 0 aromatic carbocycles. The van der Waals surface area contributed by atoms with Gasteiger partial charge in [0, 0.05) is 32.1 Å². The molecule has 0 bridgehead atoms. The maximum Gasteiger partial charge on any atom is 0.254 e. The van der Waals surface area contributed by atoms with Crippen molar-refractivity contribution < 1.29 is 9.26 Å². The molecule has 0 aliphatic rings. The Morgan fingerprint density at radius 2 is 2.22 bits per heavy atom. The first-order valence-electron chi connectivity index (χ1n) is 7.42. The van der Waals surface area contributed by atoms with Crippen LogP contribution in [0.15, 0.2) is 16.9 Å². The highest BCUT2D eigenvalue weighted by atomic mass is 16.5. The molecule has 9 nitrogen and oxygen atoms in total. The minimum Gasteiger partial charge on any atom is -0.378 e.